The van der Waals surface area contributed by atoms with Crippen molar-refractivity contribution in [2.75, 3.05) is 6.61 Å². The van der Waals surface area contributed by atoms with Crippen LogP contribution in [0.15, 0.2) is 48.5 Å². The molecule has 0 heterocycles. The van der Waals surface area contributed by atoms with Gasteiger partial charge in [0, 0.05) is 12.0 Å². The van der Waals surface area contributed by atoms with E-state index < -0.39 is 0 Å². The summed E-state index contributed by atoms with van der Waals surface area (Å²) < 4.78 is 5.65. The van der Waals surface area contributed by atoms with Gasteiger partial charge in [-0.2, -0.15) is 5.26 Å². The number of benzene rings is 2. The molecule has 0 atom stereocenters. The van der Waals surface area contributed by atoms with Crippen molar-refractivity contribution in [2.24, 2.45) is 0 Å². The zero-order chi connectivity index (χ0) is 14.9. The zero-order valence-corrected chi connectivity index (χ0v) is 11.5. The van der Waals surface area contributed by atoms with Crippen LogP contribution in [0.25, 0.3) is 0 Å². The smallest absolute Gasteiger partial charge is 0.121 e. The summed E-state index contributed by atoms with van der Waals surface area (Å²) in [7, 11) is 0. The molecule has 0 aliphatic rings. The first kappa shape index (κ1) is 14.7. The van der Waals surface area contributed by atoms with Gasteiger partial charge >= 0.3 is 0 Å². The van der Waals surface area contributed by atoms with Gasteiger partial charge in [-0.25, -0.2) is 0 Å². The molecule has 0 saturated heterocycles. The van der Waals surface area contributed by atoms with Crippen LogP contribution in [0.3, 0.4) is 0 Å². The van der Waals surface area contributed by atoms with Crippen molar-refractivity contribution in [3.63, 3.8) is 0 Å². The summed E-state index contributed by atoms with van der Waals surface area (Å²) in [6, 6.07) is 16.9. The van der Waals surface area contributed by atoms with Crippen molar-refractivity contribution in [2.45, 2.75) is 13.0 Å². The predicted molar refractivity (Wildman–Crippen MR) is 80.5 cm³/mol. The van der Waals surface area contributed by atoms with E-state index in [1.165, 1.54) is 0 Å². The minimum absolute atomic E-state index is 0.0840. The lowest BCUT2D eigenvalue weighted by atomic mass is 10.1. The molecule has 0 aliphatic carbocycles. The van der Waals surface area contributed by atoms with Gasteiger partial charge in [0.25, 0.3) is 0 Å². The number of hydrogen-bond acceptors (Lipinski definition) is 3. The van der Waals surface area contributed by atoms with E-state index in [-0.39, 0.29) is 6.61 Å². The summed E-state index contributed by atoms with van der Waals surface area (Å²) in [6.45, 7) is 0.528. The summed E-state index contributed by atoms with van der Waals surface area (Å²) in [5.74, 6) is 6.54. The Balaban J connectivity index is 1.95. The summed E-state index contributed by atoms with van der Waals surface area (Å²) in [5, 5.41) is 17.5. The van der Waals surface area contributed by atoms with Crippen molar-refractivity contribution < 1.29 is 9.84 Å². The second-order valence-electron chi connectivity index (χ2n) is 4.40. The maximum atomic E-state index is 8.83. The Kier molecular flexibility index (Phi) is 5.41. The van der Waals surface area contributed by atoms with E-state index in [0.717, 1.165) is 11.1 Å². The molecule has 0 radical (unpaired) electrons. The largest absolute Gasteiger partial charge is 0.489 e. The highest BCUT2D eigenvalue weighted by Gasteiger charge is 1.98. The first-order valence-corrected chi connectivity index (χ1v) is 6.63. The lowest BCUT2D eigenvalue weighted by molar-refractivity contribution is 0.305. The molecule has 1 N–H and O–H groups in total. The Hall–Kier alpha value is -2.75. The van der Waals surface area contributed by atoms with Crippen molar-refractivity contribution in [3.8, 4) is 23.7 Å². The van der Waals surface area contributed by atoms with E-state index in [2.05, 4.69) is 17.9 Å². The van der Waals surface area contributed by atoms with Crippen LogP contribution in [-0.4, -0.2) is 11.7 Å². The van der Waals surface area contributed by atoms with E-state index in [1.807, 2.05) is 30.3 Å². The fourth-order valence-electron chi connectivity index (χ4n) is 1.73. The van der Waals surface area contributed by atoms with Gasteiger partial charge in [0.05, 0.1) is 18.2 Å². The predicted octanol–water partition coefficient (Wildman–Crippen LogP) is 2.87. The molecule has 0 saturated carbocycles. The van der Waals surface area contributed by atoms with E-state index in [0.29, 0.717) is 24.3 Å². The summed E-state index contributed by atoms with van der Waals surface area (Å²) in [5.41, 5.74) is 2.53. The van der Waals surface area contributed by atoms with E-state index in [9.17, 15) is 0 Å². The van der Waals surface area contributed by atoms with E-state index >= 15 is 0 Å². The molecule has 2 aromatic carbocycles. The van der Waals surface area contributed by atoms with Crippen molar-refractivity contribution in [3.05, 3.63) is 65.2 Å². The highest BCUT2D eigenvalue weighted by atomic mass is 16.5. The third kappa shape index (κ3) is 4.69. The summed E-state index contributed by atoms with van der Waals surface area (Å²) >= 11 is 0. The van der Waals surface area contributed by atoms with Crippen LogP contribution in [0.5, 0.6) is 5.75 Å². The Labute approximate surface area is 124 Å². The molecule has 104 valence electrons. The molecule has 2 aromatic rings. The van der Waals surface area contributed by atoms with Crippen molar-refractivity contribution in [1.82, 2.24) is 0 Å². The molecular formula is C18H15NO2. The normalized spacial score (nSPS) is 9.33. The minimum Gasteiger partial charge on any atom is -0.489 e. The monoisotopic (exact) mass is 277 g/mol. The van der Waals surface area contributed by atoms with Gasteiger partial charge < -0.3 is 9.84 Å². The standard InChI is InChI=1S/C18H15NO2/c19-13-17-5-3-6-18(12-17)21-14-16-9-7-15(8-10-16)4-1-2-11-20/h3,5-10,12,20H,2,11,14H2. The molecule has 0 amide bonds. The van der Waals surface area contributed by atoms with Crippen LogP contribution < -0.4 is 4.74 Å². The molecule has 0 aromatic heterocycles. The van der Waals surface area contributed by atoms with Crippen LogP contribution in [-0.2, 0) is 6.61 Å². The number of nitrogens with zero attached hydrogens (tertiary/aromatic N) is 1. The third-order valence-corrected chi connectivity index (χ3v) is 2.79. The van der Waals surface area contributed by atoms with Crippen LogP contribution in [0.1, 0.15) is 23.1 Å². The molecule has 0 unspecified atom stereocenters. The molecule has 0 bridgehead atoms. The van der Waals surface area contributed by atoms with Crippen LogP contribution in [0.4, 0.5) is 0 Å². The van der Waals surface area contributed by atoms with Crippen molar-refractivity contribution >= 4 is 0 Å². The number of aliphatic hydroxyl groups excluding tert-OH is 1. The average molecular weight is 277 g/mol. The van der Waals surface area contributed by atoms with Crippen LogP contribution >= 0.6 is 0 Å². The number of nitriles is 1. The highest BCUT2D eigenvalue weighted by Crippen LogP contribution is 2.14. The number of ether oxygens (including phenoxy) is 1. The topological polar surface area (TPSA) is 53.2 Å². The maximum absolute atomic E-state index is 8.83. The van der Waals surface area contributed by atoms with E-state index in [1.54, 1.807) is 18.2 Å². The quantitative estimate of drug-likeness (QED) is 0.874. The van der Waals surface area contributed by atoms with Gasteiger partial charge in [0.1, 0.15) is 12.4 Å². The van der Waals surface area contributed by atoms with Gasteiger partial charge in [0.2, 0.25) is 0 Å². The molecule has 0 aliphatic heterocycles. The fourth-order valence-corrected chi connectivity index (χ4v) is 1.73. The highest BCUT2D eigenvalue weighted by molar-refractivity contribution is 5.37. The second-order valence-corrected chi connectivity index (χ2v) is 4.40. The van der Waals surface area contributed by atoms with Gasteiger partial charge in [0.15, 0.2) is 0 Å². The Morgan fingerprint density at radius 1 is 1.05 bits per heavy atom. The summed E-state index contributed by atoms with van der Waals surface area (Å²) in [4.78, 5) is 0. The fraction of sp³-hybridized carbons (Fsp3) is 0.167. The van der Waals surface area contributed by atoms with Gasteiger partial charge in [-0.05, 0) is 35.9 Å². The third-order valence-electron chi connectivity index (χ3n) is 2.79. The van der Waals surface area contributed by atoms with Gasteiger partial charge in [-0.3, -0.25) is 0 Å². The average Bonchev–Trinajstić information content (AvgIpc) is 2.54. The Bertz CT molecular complexity index is 688. The first-order valence-electron chi connectivity index (χ1n) is 6.63. The molecule has 21 heavy (non-hydrogen) atoms. The maximum Gasteiger partial charge on any atom is 0.121 e. The SMILES string of the molecule is N#Cc1cccc(OCc2ccc(C#CCCO)cc2)c1. The lowest BCUT2D eigenvalue weighted by Crippen LogP contribution is -1.95. The molecule has 2 rings (SSSR count). The van der Waals surface area contributed by atoms with Crippen molar-refractivity contribution in [1.29, 1.82) is 5.26 Å². The molecule has 3 nitrogen and oxygen atoms in total. The van der Waals surface area contributed by atoms with Gasteiger partial charge in [-0.15, -0.1) is 0 Å². The molecule has 0 fully saturated rings. The Morgan fingerprint density at radius 3 is 2.57 bits per heavy atom. The molecular weight excluding hydrogens is 262 g/mol. The molecule has 3 heteroatoms. The number of aliphatic hydroxyl groups is 1. The van der Waals surface area contributed by atoms with Crippen LogP contribution in [0.2, 0.25) is 0 Å². The zero-order valence-electron chi connectivity index (χ0n) is 11.5. The number of hydrogen-bond donors (Lipinski definition) is 1. The van der Waals surface area contributed by atoms with Gasteiger partial charge in [-0.1, -0.05) is 30.0 Å². The Morgan fingerprint density at radius 2 is 1.86 bits per heavy atom. The second kappa shape index (κ2) is 7.75. The van der Waals surface area contributed by atoms with E-state index in [4.69, 9.17) is 15.1 Å². The number of rotatable bonds is 4. The lowest BCUT2D eigenvalue weighted by Gasteiger charge is -2.06. The first-order chi connectivity index (χ1) is 10.3. The minimum atomic E-state index is 0.0840. The molecule has 0 spiro atoms. The van der Waals surface area contributed by atoms with Crippen LogP contribution in [0, 0.1) is 23.2 Å². The summed E-state index contributed by atoms with van der Waals surface area (Å²) in [6.07, 6.45) is 0.486.